The van der Waals surface area contributed by atoms with Gasteiger partial charge in [0.2, 0.25) is 0 Å². The number of methoxy groups -OCH3 is 1. The summed E-state index contributed by atoms with van der Waals surface area (Å²) in [5, 5.41) is 0. The molecule has 2 nitrogen and oxygen atoms in total. The highest BCUT2D eigenvalue weighted by atomic mass is 19.2. The van der Waals surface area contributed by atoms with E-state index in [0.717, 1.165) is 12.1 Å². The van der Waals surface area contributed by atoms with E-state index in [2.05, 4.69) is 0 Å². The highest BCUT2D eigenvalue weighted by Gasteiger charge is 2.14. The Morgan fingerprint density at radius 1 is 1.36 bits per heavy atom. The van der Waals surface area contributed by atoms with Crippen molar-refractivity contribution in [3.63, 3.8) is 0 Å². The molecule has 4 heteroatoms. The lowest BCUT2D eigenvalue weighted by molar-refractivity contribution is 0.108. The first-order valence-corrected chi connectivity index (χ1v) is 4.07. The fourth-order valence-electron chi connectivity index (χ4n) is 1.16. The highest BCUT2D eigenvalue weighted by Crippen LogP contribution is 2.22. The van der Waals surface area contributed by atoms with Crippen molar-refractivity contribution >= 4 is 6.29 Å². The second-order valence-corrected chi connectivity index (χ2v) is 2.89. The normalized spacial score (nSPS) is 12.6. The van der Waals surface area contributed by atoms with E-state index in [1.165, 1.54) is 7.11 Å². The summed E-state index contributed by atoms with van der Waals surface area (Å²) in [6.07, 6.45) is 0.0400. The number of ether oxygens (including phenoxy) is 1. The lowest BCUT2D eigenvalue weighted by Crippen LogP contribution is -2.03. The number of hydrogen-bond acceptors (Lipinski definition) is 2. The van der Waals surface area contributed by atoms with Gasteiger partial charge in [0.15, 0.2) is 17.9 Å². The van der Waals surface area contributed by atoms with Crippen molar-refractivity contribution < 1.29 is 18.3 Å². The Kier molecular flexibility index (Phi) is 3.30. The van der Waals surface area contributed by atoms with Crippen molar-refractivity contribution in [3.8, 4) is 0 Å². The second kappa shape index (κ2) is 4.28. The van der Waals surface area contributed by atoms with Crippen molar-refractivity contribution in [2.24, 2.45) is 0 Å². The molecule has 0 N–H and O–H groups in total. The summed E-state index contributed by atoms with van der Waals surface area (Å²) in [7, 11) is 1.43. The van der Waals surface area contributed by atoms with Crippen molar-refractivity contribution in [2.75, 3.05) is 7.11 Å². The summed E-state index contributed by atoms with van der Waals surface area (Å²) in [5.41, 5.74) is 0.458. The van der Waals surface area contributed by atoms with E-state index in [-0.39, 0.29) is 5.56 Å². The minimum atomic E-state index is -1.03. The lowest BCUT2D eigenvalue weighted by atomic mass is 10.0. The minimum Gasteiger partial charge on any atom is -0.377 e. The van der Waals surface area contributed by atoms with Crippen LogP contribution >= 0.6 is 0 Å². The summed E-state index contributed by atoms with van der Waals surface area (Å²) in [6, 6.07) is 1.85. The molecule has 0 aliphatic carbocycles. The molecule has 1 aromatic rings. The standard InChI is InChI=1S/C10H10F2O2/c1-6(14-2)8-4-10(12)9(11)3-7(8)5-13/h3-6H,1-2H3. The van der Waals surface area contributed by atoms with Gasteiger partial charge in [-0.15, -0.1) is 0 Å². The monoisotopic (exact) mass is 200 g/mol. The average Bonchev–Trinajstić information content (AvgIpc) is 2.20. The van der Waals surface area contributed by atoms with Gasteiger partial charge >= 0.3 is 0 Å². The number of rotatable bonds is 3. The third kappa shape index (κ3) is 1.96. The summed E-state index contributed by atoms with van der Waals surface area (Å²) < 4.78 is 30.5. The molecule has 1 aromatic carbocycles. The molecule has 0 amide bonds. The zero-order chi connectivity index (χ0) is 10.7. The molecule has 0 bridgehead atoms. The molecular weight excluding hydrogens is 190 g/mol. The van der Waals surface area contributed by atoms with E-state index in [0.29, 0.717) is 11.8 Å². The Morgan fingerprint density at radius 3 is 2.43 bits per heavy atom. The van der Waals surface area contributed by atoms with Crippen LogP contribution in [0.5, 0.6) is 0 Å². The molecule has 0 spiro atoms. The highest BCUT2D eigenvalue weighted by molar-refractivity contribution is 5.77. The molecule has 76 valence electrons. The maximum absolute atomic E-state index is 12.8. The first-order valence-electron chi connectivity index (χ1n) is 4.07. The van der Waals surface area contributed by atoms with Crippen LogP contribution in [0.4, 0.5) is 8.78 Å². The molecule has 0 fully saturated rings. The number of benzene rings is 1. The third-order valence-electron chi connectivity index (χ3n) is 2.04. The smallest absolute Gasteiger partial charge is 0.159 e. The van der Waals surface area contributed by atoms with Gasteiger partial charge in [-0.05, 0) is 24.6 Å². The second-order valence-electron chi connectivity index (χ2n) is 2.89. The van der Waals surface area contributed by atoms with Gasteiger partial charge in [0, 0.05) is 12.7 Å². The van der Waals surface area contributed by atoms with Crippen LogP contribution in [0.2, 0.25) is 0 Å². The van der Waals surface area contributed by atoms with Gasteiger partial charge in [0.05, 0.1) is 6.10 Å². The maximum atomic E-state index is 12.8. The molecule has 0 radical (unpaired) electrons. The van der Waals surface area contributed by atoms with Gasteiger partial charge < -0.3 is 4.74 Å². The molecule has 0 saturated carbocycles. The van der Waals surface area contributed by atoms with E-state index < -0.39 is 17.7 Å². The van der Waals surface area contributed by atoms with Crippen molar-refractivity contribution in [1.82, 2.24) is 0 Å². The predicted octanol–water partition coefficient (Wildman–Crippen LogP) is 2.48. The summed E-state index contributed by atoms with van der Waals surface area (Å²) >= 11 is 0. The molecule has 1 unspecified atom stereocenters. The van der Waals surface area contributed by atoms with Crippen LogP contribution in [-0.2, 0) is 4.74 Å². The SMILES string of the molecule is COC(C)c1cc(F)c(F)cc1C=O. The fourth-order valence-corrected chi connectivity index (χ4v) is 1.16. The molecule has 0 heterocycles. The van der Waals surface area contributed by atoms with Crippen LogP contribution in [0.1, 0.15) is 28.9 Å². The molecule has 14 heavy (non-hydrogen) atoms. The zero-order valence-electron chi connectivity index (χ0n) is 7.88. The van der Waals surface area contributed by atoms with Crippen LogP contribution in [0.3, 0.4) is 0 Å². The molecule has 0 aliphatic heterocycles. The van der Waals surface area contributed by atoms with Crippen LogP contribution in [0.25, 0.3) is 0 Å². The van der Waals surface area contributed by atoms with Gasteiger partial charge in [0.25, 0.3) is 0 Å². The minimum absolute atomic E-state index is 0.109. The van der Waals surface area contributed by atoms with Gasteiger partial charge in [-0.3, -0.25) is 4.79 Å². The molecular formula is C10H10F2O2. The number of halogens is 2. The Bertz CT molecular complexity index is 350. The van der Waals surface area contributed by atoms with Crippen LogP contribution in [-0.4, -0.2) is 13.4 Å². The summed E-state index contributed by atoms with van der Waals surface area (Å²) in [6.45, 7) is 1.65. The van der Waals surface area contributed by atoms with Crippen LogP contribution in [0, 0.1) is 11.6 Å². The van der Waals surface area contributed by atoms with Crippen LogP contribution < -0.4 is 0 Å². The molecule has 0 aromatic heterocycles. The number of carbonyl (C=O) groups is 1. The van der Waals surface area contributed by atoms with Gasteiger partial charge in [0.1, 0.15) is 0 Å². The fraction of sp³-hybridized carbons (Fsp3) is 0.300. The Hall–Kier alpha value is -1.29. The topological polar surface area (TPSA) is 26.3 Å². The molecule has 0 saturated heterocycles. The average molecular weight is 200 g/mol. The molecule has 0 aliphatic rings. The van der Waals surface area contributed by atoms with Crippen LogP contribution in [0.15, 0.2) is 12.1 Å². The van der Waals surface area contributed by atoms with Crippen molar-refractivity contribution in [1.29, 1.82) is 0 Å². The maximum Gasteiger partial charge on any atom is 0.159 e. The summed E-state index contributed by atoms with van der Waals surface area (Å²) in [5.74, 6) is -2.01. The zero-order valence-corrected chi connectivity index (χ0v) is 7.88. The predicted molar refractivity (Wildman–Crippen MR) is 47.2 cm³/mol. The van der Waals surface area contributed by atoms with Crippen molar-refractivity contribution in [2.45, 2.75) is 13.0 Å². The quantitative estimate of drug-likeness (QED) is 0.700. The third-order valence-corrected chi connectivity index (χ3v) is 2.04. The van der Waals surface area contributed by atoms with E-state index in [1.54, 1.807) is 6.92 Å². The number of carbonyl (C=O) groups excluding carboxylic acids is 1. The van der Waals surface area contributed by atoms with Gasteiger partial charge in [-0.25, -0.2) is 8.78 Å². The molecule has 1 atom stereocenters. The van der Waals surface area contributed by atoms with Gasteiger partial charge in [-0.2, -0.15) is 0 Å². The Balaban J connectivity index is 3.26. The lowest BCUT2D eigenvalue weighted by Gasteiger charge is -2.12. The van der Waals surface area contributed by atoms with E-state index in [9.17, 15) is 13.6 Å². The Labute approximate surface area is 80.5 Å². The molecule has 1 rings (SSSR count). The first-order chi connectivity index (χ1) is 6.60. The number of aldehydes is 1. The van der Waals surface area contributed by atoms with E-state index >= 15 is 0 Å². The van der Waals surface area contributed by atoms with Gasteiger partial charge in [-0.1, -0.05) is 0 Å². The summed E-state index contributed by atoms with van der Waals surface area (Å²) in [4.78, 5) is 10.6. The van der Waals surface area contributed by atoms with E-state index in [4.69, 9.17) is 4.74 Å². The largest absolute Gasteiger partial charge is 0.377 e. The number of hydrogen-bond donors (Lipinski definition) is 0. The van der Waals surface area contributed by atoms with Crippen molar-refractivity contribution in [3.05, 3.63) is 34.9 Å². The first kappa shape index (κ1) is 10.8. The Morgan fingerprint density at radius 2 is 1.93 bits per heavy atom. The van der Waals surface area contributed by atoms with E-state index in [1.807, 2.05) is 0 Å².